The van der Waals surface area contributed by atoms with Gasteiger partial charge < -0.3 is 9.84 Å². The molecule has 0 radical (unpaired) electrons. The number of benzene rings is 2. The average molecular weight is 460 g/mol. The van der Waals surface area contributed by atoms with Gasteiger partial charge in [0.05, 0.1) is 24.5 Å². The normalized spacial score (nSPS) is 12.1. The molecule has 1 aliphatic heterocycles. The van der Waals surface area contributed by atoms with Gasteiger partial charge in [0, 0.05) is 23.5 Å². The first-order valence-corrected chi connectivity index (χ1v) is 9.96. The number of carboxylic acid groups (broad SMARTS) is 1. The molecule has 2 N–H and O–H groups in total. The minimum atomic E-state index is -1.20. The predicted molar refractivity (Wildman–Crippen MR) is 122 cm³/mol. The number of amides is 3. The van der Waals surface area contributed by atoms with Crippen LogP contribution in [-0.4, -0.2) is 58.6 Å². The van der Waals surface area contributed by atoms with Gasteiger partial charge in [-0.1, -0.05) is 24.3 Å². The van der Waals surface area contributed by atoms with Gasteiger partial charge >= 0.3 is 5.97 Å². The van der Waals surface area contributed by atoms with Gasteiger partial charge in [0.2, 0.25) is 0 Å². The molecule has 4 rings (SSSR count). The van der Waals surface area contributed by atoms with Crippen LogP contribution in [0.4, 0.5) is 0 Å². The number of carboxylic acids is 1. The van der Waals surface area contributed by atoms with Crippen LogP contribution in [0.15, 0.2) is 78.2 Å². The van der Waals surface area contributed by atoms with Crippen LogP contribution in [0.3, 0.4) is 0 Å². The van der Waals surface area contributed by atoms with Crippen LogP contribution in [0.2, 0.25) is 0 Å². The van der Waals surface area contributed by atoms with Crippen molar-refractivity contribution in [3.63, 3.8) is 0 Å². The van der Waals surface area contributed by atoms with Crippen LogP contribution < -0.4 is 10.2 Å². The third-order valence-electron chi connectivity index (χ3n) is 4.62. The molecule has 3 amide bonds. The van der Waals surface area contributed by atoms with Crippen molar-refractivity contribution >= 4 is 29.9 Å². The van der Waals surface area contributed by atoms with Crippen molar-refractivity contribution < 1.29 is 29.0 Å². The Kier molecular flexibility index (Phi) is 7.79. The molecular formula is C24H20N4O6. The van der Waals surface area contributed by atoms with Crippen molar-refractivity contribution in [1.29, 1.82) is 0 Å². The Morgan fingerprint density at radius 2 is 1.59 bits per heavy atom. The Labute approximate surface area is 194 Å². The molecule has 2 aromatic carbocycles. The van der Waals surface area contributed by atoms with E-state index in [9.17, 15) is 19.2 Å². The highest BCUT2D eigenvalue weighted by Crippen LogP contribution is 2.21. The molecule has 0 spiro atoms. The molecule has 3 aromatic rings. The first kappa shape index (κ1) is 23.8. The number of carbonyl (C=O) groups excluding carboxylic acids is 3. The second kappa shape index (κ2) is 11.1. The van der Waals surface area contributed by atoms with Crippen LogP contribution in [-0.2, 0) is 4.79 Å². The minimum Gasteiger partial charge on any atom is -0.496 e. The number of para-hydroxylation sites is 1. The van der Waals surface area contributed by atoms with Gasteiger partial charge in [-0.25, -0.2) is 5.43 Å². The number of imide groups is 1. The van der Waals surface area contributed by atoms with Gasteiger partial charge in [-0.3, -0.25) is 29.1 Å². The fraction of sp³-hybridized carbons (Fsp3) is 0.0833. The van der Waals surface area contributed by atoms with Crippen molar-refractivity contribution in [1.82, 2.24) is 15.3 Å². The average Bonchev–Trinajstić information content (AvgIpc) is 3.10. The monoisotopic (exact) mass is 460 g/mol. The number of aliphatic carboxylic acids is 1. The van der Waals surface area contributed by atoms with Crippen LogP contribution in [0.25, 0.3) is 0 Å². The zero-order chi connectivity index (χ0) is 24.5. The highest BCUT2D eigenvalue weighted by molar-refractivity contribution is 6.22. The summed E-state index contributed by atoms with van der Waals surface area (Å²) >= 11 is 0. The Bertz CT molecular complexity index is 1210. The Balaban J connectivity index is 0.000000196. The van der Waals surface area contributed by atoms with Crippen LogP contribution >= 0.6 is 0 Å². The number of hydrazone groups is 1. The smallest absolute Gasteiger partial charge is 0.323 e. The third kappa shape index (κ3) is 5.68. The number of carbonyl (C=O) groups is 4. The van der Waals surface area contributed by atoms with E-state index >= 15 is 0 Å². The summed E-state index contributed by atoms with van der Waals surface area (Å²) in [7, 11) is 1.59. The summed E-state index contributed by atoms with van der Waals surface area (Å²) in [6.07, 6.45) is 4.65. The molecule has 1 aromatic heterocycles. The van der Waals surface area contributed by atoms with Crippen molar-refractivity contribution in [2.75, 3.05) is 13.7 Å². The van der Waals surface area contributed by atoms with Crippen molar-refractivity contribution in [2.45, 2.75) is 0 Å². The summed E-state index contributed by atoms with van der Waals surface area (Å²) in [6.45, 7) is -0.591. The number of nitrogens with one attached hydrogen (secondary N) is 1. The van der Waals surface area contributed by atoms with E-state index in [2.05, 4.69) is 15.5 Å². The second-order valence-electron chi connectivity index (χ2n) is 6.81. The van der Waals surface area contributed by atoms with Crippen LogP contribution in [0.5, 0.6) is 5.75 Å². The maximum atomic E-state index is 11.7. The van der Waals surface area contributed by atoms with Crippen molar-refractivity contribution in [3.8, 4) is 5.75 Å². The van der Waals surface area contributed by atoms with E-state index in [1.54, 1.807) is 43.8 Å². The van der Waals surface area contributed by atoms with Crippen LogP contribution in [0, 0.1) is 0 Å². The second-order valence-corrected chi connectivity index (χ2v) is 6.81. The maximum absolute atomic E-state index is 11.7. The maximum Gasteiger partial charge on any atom is 0.323 e. The number of methoxy groups -OCH3 is 1. The van der Waals surface area contributed by atoms with E-state index in [0.717, 1.165) is 10.5 Å². The van der Waals surface area contributed by atoms with Crippen molar-refractivity contribution in [2.24, 2.45) is 5.10 Å². The third-order valence-corrected chi connectivity index (χ3v) is 4.62. The lowest BCUT2D eigenvalue weighted by molar-refractivity contribution is -0.137. The molecule has 0 atom stereocenters. The summed E-state index contributed by atoms with van der Waals surface area (Å²) in [5.74, 6) is -1.88. The molecule has 0 saturated carbocycles. The highest BCUT2D eigenvalue weighted by Gasteiger charge is 2.36. The number of aromatic nitrogens is 1. The fourth-order valence-electron chi connectivity index (χ4n) is 3.02. The number of pyridine rings is 1. The number of hydrogen-bond acceptors (Lipinski definition) is 7. The molecule has 0 aliphatic carbocycles. The molecule has 10 heteroatoms. The molecule has 0 fully saturated rings. The SMILES string of the molecule is COc1ccccc1/C=N/NC(=O)c1ccncc1.O=C(O)CN1C(=O)c2ccccc2C1=O. The number of rotatable bonds is 6. The zero-order valence-corrected chi connectivity index (χ0v) is 18.0. The van der Waals surface area contributed by atoms with E-state index in [-0.39, 0.29) is 17.0 Å². The Hall–Kier alpha value is -4.86. The zero-order valence-electron chi connectivity index (χ0n) is 18.0. The number of nitrogens with zero attached hydrogens (tertiary/aromatic N) is 3. The topological polar surface area (TPSA) is 138 Å². The highest BCUT2D eigenvalue weighted by atomic mass is 16.5. The van der Waals surface area contributed by atoms with Gasteiger partial charge in [0.25, 0.3) is 17.7 Å². The van der Waals surface area contributed by atoms with E-state index in [0.29, 0.717) is 11.3 Å². The quantitative estimate of drug-likeness (QED) is 0.327. The Morgan fingerprint density at radius 1 is 1.00 bits per heavy atom. The molecule has 0 saturated heterocycles. The summed E-state index contributed by atoms with van der Waals surface area (Å²) in [4.78, 5) is 49.9. The molecule has 10 nitrogen and oxygen atoms in total. The number of ether oxygens (including phenoxy) is 1. The van der Waals surface area contributed by atoms with Gasteiger partial charge in [-0.05, 0) is 36.4 Å². The van der Waals surface area contributed by atoms with E-state index in [1.807, 2.05) is 24.3 Å². The molecule has 1 aliphatic rings. The molecular weight excluding hydrogens is 440 g/mol. The molecule has 0 bridgehead atoms. The minimum absolute atomic E-state index is 0.267. The standard InChI is InChI=1S/C14H13N3O2.C10H7NO4/c1-19-13-5-3-2-4-12(13)10-16-17-14(18)11-6-8-15-9-7-11;12-8(13)5-11-9(14)6-3-1-2-4-7(6)10(11)15/h2-10H,1H3,(H,17,18);1-4H,5H2,(H,12,13)/b16-10+;. The van der Waals surface area contributed by atoms with E-state index in [1.165, 1.54) is 18.3 Å². The summed E-state index contributed by atoms with van der Waals surface area (Å²) in [5, 5.41) is 12.4. The van der Waals surface area contributed by atoms with Gasteiger partial charge in [-0.2, -0.15) is 5.10 Å². The fourth-order valence-corrected chi connectivity index (χ4v) is 3.02. The first-order chi connectivity index (χ1) is 16.4. The van der Waals surface area contributed by atoms with Gasteiger partial charge in [0.15, 0.2) is 0 Å². The lowest BCUT2D eigenvalue weighted by Gasteiger charge is -2.09. The molecule has 0 unspecified atom stereocenters. The summed E-state index contributed by atoms with van der Waals surface area (Å²) in [5.41, 5.74) is 4.28. The first-order valence-electron chi connectivity index (χ1n) is 9.96. The van der Waals surface area contributed by atoms with Gasteiger partial charge in [0.1, 0.15) is 12.3 Å². The van der Waals surface area contributed by atoms with Crippen molar-refractivity contribution in [3.05, 3.63) is 95.3 Å². The van der Waals surface area contributed by atoms with Gasteiger partial charge in [-0.15, -0.1) is 0 Å². The number of hydrogen-bond donors (Lipinski definition) is 2. The summed E-state index contributed by atoms with van der Waals surface area (Å²) in [6, 6.07) is 16.9. The largest absolute Gasteiger partial charge is 0.496 e. The molecule has 34 heavy (non-hydrogen) atoms. The summed E-state index contributed by atoms with van der Waals surface area (Å²) < 4.78 is 5.18. The number of fused-ring (bicyclic) bond motifs is 1. The Morgan fingerprint density at radius 3 is 2.18 bits per heavy atom. The van der Waals surface area contributed by atoms with E-state index < -0.39 is 24.3 Å². The van der Waals surface area contributed by atoms with Crippen LogP contribution in [0.1, 0.15) is 36.6 Å². The van der Waals surface area contributed by atoms with E-state index in [4.69, 9.17) is 9.84 Å². The molecule has 172 valence electrons. The predicted octanol–water partition coefficient (Wildman–Crippen LogP) is 2.22. The lowest BCUT2D eigenvalue weighted by atomic mass is 10.1. The lowest BCUT2D eigenvalue weighted by Crippen LogP contribution is -2.34. The molecule has 2 heterocycles.